The maximum Gasteiger partial charge on any atom is 0.409 e. The molecule has 0 bridgehead atoms. The van der Waals surface area contributed by atoms with Crippen LogP contribution in [0, 0.1) is 35.5 Å². The van der Waals surface area contributed by atoms with E-state index in [-0.39, 0.29) is 67.2 Å². The minimum absolute atomic E-state index is 0. The highest BCUT2D eigenvalue weighted by atomic mass is 16.6. The Balaban J connectivity index is -0.000000245. The molecule has 0 aliphatic carbocycles. The summed E-state index contributed by atoms with van der Waals surface area (Å²) < 4.78 is 9.52. The second kappa shape index (κ2) is 46.0. The molecule has 7 saturated heterocycles. The molecule has 6 amide bonds. The number of urea groups is 1. The summed E-state index contributed by atoms with van der Waals surface area (Å²) in [5.41, 5.74) is 5.10. The van der Waals surface area contributed by atoms with Crippen molar-refractivity contribution >= 4 is 30.0 Å². The summed E-state index contributed by atoms with van der Waals surface area (Å²) in [5.74, 6) is 5.36. The third-order valence-corrected chi connectivity index (χ3v) is 14.4. The Hall–Kier alpha value is -3.33. The number of carbonyl (C=O) groups is 5. The van der Waals surface area contributed by atoms with Crippen LogP contribution < -0.4 is 11.1 Å². The van der Waals surface area contributed by atoms with Crippen molar-refractivity contribution in [2.75, 3.05) is 106 Å². The highest BCUT2D eigenvalue weighted by Gasteiger charge is 2.23. The lowest BCUT2D eigenvalue weighted by molar-refractivity contribution is -0.132. The number of nitrogens with two attached hydrogens (primary N) is 1. The molecule has 438 valence electrons. The molecule has 0 aromatic rings. The van der Waals surface area contributed by atoms with Gasteiger partial charge in [0.25, 0.3) is 0 Å². The van der Waals surface area contributed by atoms with Gasteiger partial charge in [-0.2, -0.15) is 0 Å². The van der Waals surface area contributed by atoms with Crippen LogP contribution >= 0.6 is 0 Å². The van der Waals surface area contributed by atoms with Gasteiger partial charge in [0.1, 0.15) is 0 Å². The van der Waals surface area contributed by atoms with Crippen molar-refractivity contribution < 1.29 is 33.4 Å². The molecule has 3 N–H and O–H groups in total. The van der Waals surface area contributed by atoms with E-state index in [1.54, 1.807) is 28.5 Å². The van der Waals surface area contributed by atoms with Crippen LogP contribution in [0.4, 0.5) is 14.4 Å². The molecule has 7 rings (SSSR count). The summed E-state index contributed by atoms with van der Waals surface area (Å²) in [7, 11) is 3.63. The number of methoxy groups -OCH3 is 1. The number of nitrogens with one attached hydrogen (secondary N) is 1. The Bertz CT molecular complexity index is 1360. The van der Waals surface area contributed by atoms with E-state index in [2.05, 4.69) is 70.5 Å². The molecule has 7 aliphatic heterocycles. The zero-order valence-electron chi connectivity index (χ0n) is 45.7. The van der Waals surface area contributed by atoms with Crippen LogP contribution in [-0.2, 0) is 19.1 Å². The predicted octanol–water partition coefficient (Wildman–Crippen LogP) is 12.4. The minimum Gasteiger partial charge on any atom is -0.453 e. The lowest BCUT2D eigenvalue weighted by Crippen LogP contribution is -2.41. The minimum atomic E-state index is -0.271. The Kier molecular flexibility index (Phi) is 49.5. The highest BCUT2D eigenvalue weighted by molar-refractivity contribution is 5.74. The summed E-state index contributed by atoms with van der Waals surface area (Å²) in [6.07, 6.45) is 18.0. The van der Waals surface area contributed by atoms with Gasteiger partial charge in [-0.05, 0) is 172 Å². The SMILES string of the molecule is C.C.C.C.C.CC(=O)N1CCCC(C)C1.CC(=O)N1CCCCC1C.CC1CCCN(C)C1.CC1CCN(C(N)=O)CC1.CC1CCNCC1.CCOC(=O)N1CCC(C)CC1.COC(=O)N1CCC(C)CC1. The van der Waals surface area contributed by atoms with E-state index in [0.717, 1.165) is 127 Å². The van der Waals surface area contributed by atoms with Gasteiger partial charge in [-0.3, -0.25) is 9.59 Å². The van der Waals surface area contributed by atoms with Gasteiger partial charge in [0.15, 0.2) is 0 Å². The number of piperidine rings is 7. The van der Waals surface area contributed by atoms with Crippen LogP contribution in [0.2, 0.25) is 0 Å². The van der Waals surface area contributed by atoms with Crippen LogP contribution in [-0.4, -0.2) is 171 Å². The Morgan fingerprint density at radius 3 is 1.21 bits per heavy atom. The van der Waals surface area contributed by atoms with Crippen molar-refractivity contribution in [2.24, 2.45) is 41.2 Å². The van der Waals surface area contributed by atoms with Crippen molar-refractivity contribution in [3.63, 3.8) is 0 Å². The van der Waals surface area contributed by atoms with Gasteiger partial charge < -0.3 is 49.9 Å². The zero-order chi connectivity index (χ0) is 51.0. The molecule has 0 saturated carbocycles. The smallest absolute Gasteiger partial charge is 0.409 e. The number of primary amides is 1. The quantitative estimate of drug-likeness (QED) is 0.260. The normalized spacial score (nSPS) is 22.4. The van der Waals surface area contributed by atoms with Crippen molar-refractivity contribution in [1.82, 2.24) is 34.7 Å². The Labute approximate surface area is 452 Å². The third kappa shape index (κ3) is 37.1. The van der Waals surface area contributed by atoms with Gasteiger partial charge in [-0.15, -0.1) is 0 Å². The lowest BCUT2D eigenvalue weighted by Gasteiger charge is -2.32. The number of amides is 6. The molecule has 3 unspecified atom stereocenters. The first kappa shape index (κ1) is 78.6. The highest BCUT2D eigenvalue weighted by Crippen LogP contribution is 2.19. The predicted molar refractivity (Wildman–Crippen MR) is 311 cm³/mol. The monoisotopic (exact) mass is 1040 g/mol. The lowest BCUT2D eigenvalue weighted by atomic mass is 10.00. The molecule has 3 atom stereocenters. The second-order valence-electron chi connectivity index (χ2n) is 21.2. The molecular weight excluding hydrogens is 921 g/mol. The number of rotatable bonds is 1. The Morgan fingerprint density at radius 1 is 0.479 bits per heavy atom. The summed E-state index contributed by atoms with van der Waals surface area (Å²) >= 11 is 0. The summed E-state index contributed by atoms with van der Waals surface area (Å²) in [6.45, 7) is 34.4. The number of hydrogen-bond donors (Lipinski definition) is 2. The van der Waals surface area contributed by atoms with E-state index in [0.29, 0.717) is 18.6 Å². The van der Waals surface area contributed by atoms with Crippen LogP contribution in [0.1, 0.15) is 203 Å². The molecular formula is C58H124N8O7. The number of nitrogens with zero attached hydrogens (tertiary/aromatic N) is 6. The zero-order valence-corrected chi connectivity index (χ0v) is 45.7. The van der Waals surface area contributed by atoms with E-state index < -0.39 is 0 Å². The summed E-state index contributed by atoms with van der Waals surface area (Å²) in [6, 6.07) is 0.207. The first-order chi connectivity index (χ1) is 32.3. The Morgan fingerprint density at radius 2 is 0.904 bits per heavy atom. The molecule has 0 radical (unpaired) electrons. The van der Waals surface area contributed by atoms with Crippen molar-refractivity contribution in [3.05, 3.63) is 0 Å². The van der Waals surface area contributed by atoms with Gasteiger partial charge >= 0.3 is 18.2 Å². The number of hydrogen-bond acceptors (Lipinski definition) is 9. The molecule has 0 spiro atoms. The van der Waals surface area contributed by atoms with E-state index >= 15 is 0 Å². The molecule has 0 aromatic heterocycles. The average Bonchev–Trinajstić information content (AvgIpc) is 3.31. The molecule has 15 heteroatoms. The summed E-state index contributed by atoms with van der Waals surface area (Å²) in [5, 5.41) is 3.32. The van der Waals surface area contributed by atoms with Gasteiger partial charge in [-0.1, -0.05) is 78.7 Å². The maximum atomic E-state index is 11.2. The van der Waals surface area contributed by atoms with Crippen LogP contribution in [0.3, 0.4) is 0 Å². The largest absolute Gasteiger partial charge is 0.453 e. The first-order valence-electron chi connectivity index (χ1n) is 27.0. The topological polar surface area (TPSA) is 161 Å². The molecule has 7 fully saturated rings. The molecule has 0 aromatic carbocycles. The number of ether oxygens (including phenoxy) is 2. The van der Waals surface area contributed by atoms with Crippen molar-refractivity contribution in [1.29, 1.82) is 0 Å². The fourth-order valence-corrected chi connectivity index (χ4v) is 9.39. The first-order valence-corrected chi connectivity index (χ1v) is 27.0. The van der Waals surface area contributed by atoms with E-state index in [9.17, 15) is 24.0 Å². The third-order valence-electron chi connectivity index (χ3n) is 14.4. The molecule has 73 heavy (non-hydrogen) atoms. The van der Waals surface area contributed by atoms with E-state index in [4.69, 9.17) is 10.5 Å². The van der Waals surface area contributed by atoms with Crippen LogP contribution in [0.15, 0.2) is 0 Å². The second-order valence-corrected chi connectivity index (χ2v) is 21.2. The summed E-state index contributed by atoms with van der Waals surface area (Å²) in [4.78, 5) is 66.2. The average molecular weight is 1050 g/mol. The molecule has 7 heterocycles. The fraction of sp³-hybridized carbons (Fsp3) is 0.914. The van der Waals surface area contributed by atoms with Crippen LogP contribution in [0.25, 0.3) is 0 Å². The van der Waals surface area contributed by atoms with Crippen molar-refractivity contribution in [2.45, 2.75) is 209 Å². The molecule has 15 nitrogen and oxygen atoms in total. The standard InChI is InChI=1S/C9H17NO2.C8H15NO2.2C8H15NO.C7H14N2O.C7H15N.C6H13N.5CH4/c1-3-12-9(11)10-6-4-8(2)5-7-10;1-7-3-5-9(6-4-7)8(10)11-2;1-7-4-3-5-9(6-7)8(2)10;1-7-5-3-4-6-9(7)8(2)10;1-6-2-4-9(5-3-6)7(8)10;1-7-4-3-5-8(2)6-7;1-6-2-4-7-5-3-6;;;;;/h8H,3-7H2,1-2H3;7H,3-6H2,1-2H3;2*7H,3-6H2,1-2H3;6H,2-5H2,1H3,(H2,8,10);7H,3-6H2,1-2H3;6-7H,2-5H2,1H3;5*1H4. The van der Waals surface area contributed by atoms with Gasteiger partial charge in [-0.25, -0.2) is 14.4 Å². The van der Waals surface area contributed by atoms with Crippen molar-refractivity contribution in [3.8, 4) is 0 Å². The van der Waals surface area contributed by atoms with Gasteiger partial charge in [0.2, 0.25) is 11.8 Å². The number of carbonyl (C=O) groups excluding carboxylic acids is 5. The van der Waals surface area contributed by atoms with E-state index in [1.165, 1.54) is 91.1 Å². The van der Waals surface area contributed by atoms with E-state index in [1.807, 2.05) is 16.7 Å². The molecule has 7 aliphatic rings. The number of likely N-dealkylation sites (tertiary alicyclic amines) is 6. The van der Waals surface area contributed by atoms with Gasteiger partial charge in [0.05, 0.1) is 13.7 Å². The fourth-order valence-electron chi connectivity index (χ4n) is 9.39. The van der Waals surface area contributed by atoms with Gasteiger partial charge in [0, 0.05) is 85.3 Å². The van der Waals surface area contributed by atoms with Crippen LogP contribution in [0.5, 0.6) is 0 Å². The maximum absolute atomic E-state index is 11.2.